The molecule has 2 rings (SSSR count). The van der Waals surface area contributed by atoms with Gasteiger partial charge in [0.15, 0.2) is 0 Å². The van der Waals surface area contributed by atoms with E-state index in [1.807, 2.05) is 0 Å². The first kappa shape index (κ1) is 18.3. The van der Waals surface area contributed by atoms with Gasteiger partial charge in [0, 0.05) is 30.3 Å². The number of non-ortho nitro benzene ring substituents is 1. The Morgan fingerprint density at radius 1 is 1.12 bits per heavy atom. The third kappa shape index (κ3) is 3.92. The van der Waals surface area contributed by atoms with Crippen LogP contribution >= 0.6 is 11.6 Å². The summed E-state index contributed by atoms with van der Waals surface area (Å²) >= 11 is 5.76. The van der Waals surface area contributed by atoms with Crippen LogP contribution in [0.4, 0.5) is 11.4 Å². The summed E-state index contributed by atoms with van der Waals surface area (Å²) in [7, 11) is 1.48. The average Bonchev–Trinajstić information content (AvgIpc) is 2.59. The lowest BCUT2D eigenvalue weighted by molar-refractivity contribution is -0.385. The first-order chi connectivity index (χ1) is 11.7. The van der Waals surface area contributed by atoms with Crippen LogP contribution in [0.5, 0.6) is 0 Å². The molecule has 0 fully saturated rings. The van der Waals surface area contributed by atoms with Gasteiger partial charge >= 0.3 is 0 Å². The second kappa shape index (κ2) is 7.27. The molecule has 1 amide bonds. The number of nitro groups is 2. The van der Waals surface area contributed by atoms with Crippen LogP contribution in [0.2, 0.25) is 5.02 Å². The highest BCUT2D eigenvalue weighted by Crippen LogP contribution is 2.28. The second-order valence-electron chi connectivity index (χ2n) is 5.36. The average molecular weight is 364 g/mol. The molecule has 0 unspecified atom stereocenters. The van der Waals surface area contributed by atoms with E-state index in [0.29, 0.717) is 5.56 Å². The van der Waals surface area contributed by atoms with E-state index >= 15 is 0 Å². The van der Waals surface area contributed by atoms with Crippen molar-refractivity contribution in [3.8, 4) is 0 Å². The maximum Gasteiger partial charge on any atom is 0.283 e. The summed E-state index contributed by atoms with van der Waals surface area (Å²) < 4.78 is 0. The van der Waals surface area contributed by atoms with Gasteiger partial charge in [0.1, 0.15) is 5.56 Å². The Morgan fingerprint density at radius 2 is 1.80 bits per heavy atom. The van der Waals surface area contributed by atoms with Gasteiger partial charge in [-0.1, -0.05) is 23.7 Å². The van der Waals surface area contributed by atoms with Crippen LogP contribution in [-0.2, 0) is 0 Å². The number of hydrogen-bond acceptors (Lipinski definition) is 5. The Bertz CT molecular complexity index is 855. The van der Waals surface area contributed by atoms with E-state index in [1.165, 1.54) is 42.3 Å². The maximum atomic E-state index is 12.7. The van der Waals surface area contributed by atoms with Gasteiger partial charge in [0.2, 0.25) is 0 Å². The Balaban J connectivity index is 2.36. The maximum absolute atomic E-state index is 12.7. The first-order valence-electron chi connectivity index (χ1n) is 7.18. The number of amides is 1. The summed E-state index contributed by atoms with van der Waals surface area (Å²) in [6, 6.07) is 9.16. The highest BCUT2D eigenvalue weighted by atomic mass is 35.5. The zero-order valence-electron chi connectivity index (χ0n) is 13.4. The van der Waals surface area contributed by atoms with Crippen molar-refractivity contribution in [3.63, 3.8) is 0 Å². The van der Waals surface area contributed by atoms with Crippen molar-refractivity contribution >= 4 is 28.9 Å². The first-order valence-corrected chi connectivity index (χ1v) is 7.55. The van der Waals surface area contributed by atoms with Gasteiger partial charge in [-0.2, -0.15) is 0 Å². The van der Waals surface area contributed by atoms with Crippen LogP contribution < -0.4 is 0 Å². The van der Waals surface area contributed by atoms with Gasteiger partial charge in [-0.25, -0.2) is 0 Å². The van der Waals surface area contributed by atoms with Gasteiger partial charge in [-0.05, 0) is 24.6 Å². The fourth-order valence-electron chi connectivity index (χ4n) is 2.32. The monoisotopic (exact) mass is 363 g/mol. The fraction of sp³-hybridized carbons (Fsp3) is 0.188. The molecule has 2 aromatic rings. The molecule has 8 nitrogen and oxygen atoms in total. The van der Waals surface area contributed by atoms with Crippen molar-refractivity contribution < 1.29 is 14.6 Å². The molecular weight excluding hydrogens is 350 g/mol. The zero-order valence-corrected chi connectivity index (χ0v) is 14.1. The molecule has 130 valence electrons. The Hall–Kier alpha value is -3.00. The summed E-state index contributed by atoms with van der Waals surface area (Å²) in [4.78, 5) is 34.8. The van der Waals surface area contributed by atoms with Gasteiger partial charge in [-0.15, -0.1) is 0 Å². The molecule has 0 saturated heterocycles. The van der Waals surface area contributed by atoms with E-state index in [-0.39, 0.29) is 16.3 Å². The standard InChI is InChI=1S/C16H14ClN3O5/c1-10(11-4-3-5-13(8-11)19(22)23)18(2)16(21)14-7-6-12(17)9-15(14)20(24)25/h3-10H,1-2H3/t10-/m1/s1. The van der Waals surface area contributed by atoms with Crippen LogP contribution in [0.15, 0.2) is 42.5 Å². The number of hydrogen-bond donors (Lipinski definition) is 0. The van der Waals surface area contributed by atoms with Gasteiger partial charge in [-0.3, -0.25) is 25.0 Å². The van der Waals surface area contributed by atoms with E-state index < -0.39 is 27.5 Å². The predicted octanol–water partition coefficient (Wildman–Crippen LogP) is 3.99. The lowest BCUT2D eigenvalue weighted by Gasteiger charge is -2.25. The van der Waals surface area contributed by atoms with Gasteiger partial charge in [0.05, 0.1) is 15.9 Å². The minimum absolute atomic E-state index is 0.0947. The molecule has 2 aromatic carbocycles. The van der Waals surface area contributed by atoms with Crippen molar-refractivity contribution in [2.45, 2.75) is 13.0 Å². The van der Waals surface area contributed by atoms with Crippen molar-refractivity contribution in [1.29, 1.82) is 0 Å². The molecule has 25 heavy (non-hydrogen) atoms. The molecule has 0 aliphatic carbocycles. The predicted molar refractivity (Wildman–Crippen MR) is 91.7 cm³/mol. The highest BCUT2D eigenvalue weighted by Gasteiger charge is 2.26. The molecular formula is C16H14ClN3O5. The van der Waals surface area contributed by atoms with Crippen LogP contribution in [0.1, 0.15) is 28.9 Å². The Kier molecular flexibility index (Phi) is 5.33. The molecule has 0 spiro atoms. The molecule has 0 bridgehead atoms. The molecule has 1 atom stereocenters. The molecule has 0 aliphatic rings. The van der Waals surface area contributed by atoms with E-state index in [4.69, 9.17) is 11.6 Å². The van der Waals surface area contributed by atoms with E-state index in [9.17, 15) is 25.0 Å². The molecule has 0 N–H and O–H groups in total. The summed E-state index contributed by atoms with van der Waals surface area (Å²) in [5.41, 5.74) is -0.0471. The van der Waals surface area contributed by atoms with Crippen molar-refractivity contribution in [3.05, 3.63) is 78.8 Å². The number of nitro benzene ring substituents is 2. The second-order valence-corrected chi connectivity index (χ2v) is 5.80. The van der Waals surface area contributed by atoms with Crippen molar-refractivity contribution in [2.75, 3.05) is 7.05 Å². The van der Waals surface area contributed by atoms with Crippen LogP contribution in [-0.4, -0.2) is 27.7 Å². The van der Waals surface area contributed by atoms with Crippen molar-refractivity contribution in [1.82, 2.24) is 4.90 Å². The van der Waals surface area contributed by atoms with Gasteiger partial charge < -0.3 is 4.90 Å². The summed E-state index contributed by atoms with van der Waals surface area (Å²) in [6.07, 6.45) is 0. The third-order valence-electron chi connectivity index (χ3n) is 3.85. The molecule has 0 saturated carbocycles. The molecule has 0 aromatic heterocycles. The molecule has 0 aliphatic heterocycles. The number of halogens is 1. The topological polar surface area (TPSA) is 107 Å². The number of benzene rings is 2. The quantitative estimate of drug-likeness (QED) is 0.589. The van der Waals surface area contributed by atoms with E-state index in [2.05, 4.69) is 0 Å². The summed E-state index contributed by atoms with van der Waals surface area (Å²) in [5, 5.41) is 22.2. The van der Waals surface area contributed by atoms with E-state index in [0.717, 1.165) is 6.07 Å². The fourth-order valence-corrected chi connectivity index (χ4v) is 2.49. The Labute approximate surface area is 147 Å². The highest BCUT2D eigenvalue weighted by molar-refractivity contribution is 6.31. The summed E-state index contributed by atoms with van der Waals surface area (Å²) in [5.74, 6) is -0.581. The number of carbonyl (C=O) groups is 1. The number of nitrogens with zero attached hydrogens (tertiary/aromatic N) is 3. The molecule has 9 heteroatoms. The number of carbonyl (C=O) groups excluding carboxylic acids is 1. The normalized spacial score (nSPS) is 11.6. The lowest BCUT2D eigenvalue weighted by atomic mass is 10.0. The smallest absolute Gasteiger partial charge is 0.283 e. The minimum atomic E-state index is -0.676. The van der Waals surface area contributed by atoms with Crippen LogP contribution in [0.25, 0.3) is 0 Å². The Morgan fingerprint density at radius 3 is 2.40 bits per heavy atom. The minimum Gasteiger partial charge on any atom is -0.335 e. The largest absolute Gasteiger partial charge is 0.335 e. The van der Waals surface area contributed by atoms with Crippen molar-refractivity contribution in [2.24, 2.45) is 0 Å². The van der Waals surface area contributed by atoms with Crippen LogP contribution in [0, 0.1) is 20.2 Å². The molecule has 0 heterocycles. The lowest BCUT2D eigenvalue weighted by Crippen LogP contribution is -2.30. The SMILES string of the molecule is C[C@H](c1cccc([N+](=O)[O-])c1)N(C)C(=O)c1ccc(Cl)cc1[N+](=O)[O-]. The number of rotatable bonds is 5. The zero-order chi connectivity index (χ0) is 18.7. The molecule has 0 radical (unpaired) electrons. The summed E-state index contributed by atoms with van der Waals surface area (Å²) in [6.45, 7) is 1.68. The third-order valence-corrected chi connectivity index (χ3v) is 4.09. The van der Waals surface area contributed by atoms with Gasteiger partial charge in [0.25, 0.3) is 17.3 Å². The van der Waals surface area contributed by atoms with Crippen LogP contribution in [0.3, 0.4) is 0 Å². The van der Waals surface area contributed by atoms with E-state index in [1.54, 1.807) is 13.0 Å².